The minimum atomic E-state index is -0.138. The minimum Gasteiger partial charge on any atom is -0.484 e. The zero-order chi connectivity index (χ0) is 15.8. The normalized spacial score (nSPS) is 16.5. The first kappa shape index (κ1) is 17.1. The zero-order valence-electron chi connectivity index (χ0n) is 12.6. The van der Waals surface area contributed by atoms with Crippen molar-refractivity contribution in [3.05, 3.63) is 29.3 Å². The third-order valence-electron chi connectivity index (χ3n) is 3.71. The van der Waals surface area contributed by atoms with Gasteiger partial charge in [0.25, 0.3) is 5.91 Å². The first-order valence-electron chi connectivity index (χ1n) is 7.69. The molecule has 1 aliphatic rings. The molecular formula is C16H23ClN2O3. The van der Waals surface area contributed by atoms with E-state index in [4.69, 9.17) is 16.3 Å². The summed E-state index contributed by atoms with van der Waals surface area (Å²) in [4.78, 5) is 14.0. The number of rotatable bonds is 7. The molecular weight excluding hydrogens is 304 g/mol. The Balaban J connectivity index is 1.53. The van der Waals surface area contributed by atoms with E-state index in [0.29, 0.717) is 17.3 Å². The van der Waals surface area contributed by atoms with Crippen LogP contribution in [0.5, 0.6) is 5.75 Å². The van der Waals surface area contributed by atoms with Gasteiger partial charge >= 0.3 is 0 Å². The summed E-state index contributed by atoms with van der Waals surface area (Å²) in [6.07, 6.45) is 2.46. The van der Waals surface area contributed by atoms with Crippen LogP contribution in [0.4, 0.5) is 0 Å². The number of aliphatic hydroxyl groups is 1. The number of carbonyl (C=O) groups is 1. The molecule has 122 valence electrons. The average molecular weight is 327 g/mol. The van der Waals surface area contributed by atoms with Crippen LogP contribution < -0.4 is 10.1 Å². The monoisotopic (exact) mass is 326 g/mol. The molecule has 0 bridgehead atoms. The molecule has 5 nitrogen and oxygen atoms in total. The molecule has 22 heavy (non-hydrogen) atoms. The van der Waals surface area contributed by atoms with Crippen molar-refractivity contribution >= 4 is 17.5 Å². The number of ether oxygens (including phenoxy) is 1. The maximum Gasteiger partial charge on any atom is 0.257 e. The molecule has 2 N–H and O–H groups in total. The maximum absolute atomic E-state index is 11.7. The molecule has 0 saturated carbocycles. The van der Waals surface area contributed by atoms with E-state index in [1.807, 2.05) is 0 Å². The summed E-state index contributed by atoms with van der Waals surface area (Å²) in [5.41, 5.74) is 0. The summed E-state index contributed by atoms with van der Waals surface area (Å²) in [7, 11) is 0. The SMILES string of the molecule is O=C(COc1ccc(Cl)cc1)NCCCN1CCC(O)CC1. The second kappa shape index (κ2) is 8.98. The van der Waals surface area contributed by atoms with Crippen LogP contribution >= 0.6 is 11.6 Å². The number of halogens is 1. The van der Waals surface area contributed by atoms with Crippen LogP contribution in [0.3, 0.4) is 0 Å². The van der Waals surface area contributed by atoms with Gasteiger partial charge in [-0.05, 0) is 50.1 Å². The van der Waals surface area contributed by atoms with Crippen molar-refractivity contribution in [1.82, 2.24) is 10.2 Å². The van der Waals surface area contributed by atoms with Crippen molar-refractivity contribution in [3.63, 3.8) is 0 Å². The Morgan fingerprint density at radius 1 is 1.32 bits per heavy atom. The van der Waals surface area contributed by atoms with Crippen LogP contribution in [0.25, 0.3) is 0 Å². The fraction of sp³-hybridized carbons (Fsp3) is 0.562. The maximum atomic E-state index is 11.7. The van der Waals surface area contributed by atoms with Gasteiger partial charge in [0.15, 0.2) is 6.61 Å². The first-order valence-corrected chi connectivity index (χ1v) is 8.07. The van der Waals surface area contributed by atoms with Crippen molar-refractivity contribution in [1.29, 1.82) is 0 Å². The number of hydrogen-bond donors (Lipinski definition) is 2. The number of nitrogens with zero attached hydrogens (tertiary/aromatic N) is 1. The molecule has 0 atom stereocenters. The van der Waals surface area contributed by atoms with Crippen LogP contribution in [-0.2, 0) is 4.79 Å². The van der Waals surface area contributed by atoms with E-state index >= 15 is 0 Å². The molecule has 1 amide bonds. The molecule has 1 aliphatic heterocycles. The average Bonchev–Trinajstić information content (AvgIpc) is 2.53. The molecule has 1 saturated heterocycles. The predicted octanol–water partition coefficient (Wildman–Crippen LogP) is 1.68. The fourth-order valence-electron chi connectivity index (χ4n) is 2.40. The number of hydrogen-bond acceptors (Lipinski definition) is 4. The lowest BCUT2D eigenvalue weighted by Gasteiger charge is -2.29. The van der Waals surface area contributed by atoms with E-state index in [9.17, 15) is 9.90 Å². The molecule has 6 heteroatoms. The number of likely N-dealkylation sites (tertiary alicyclic amines) is 1. The number of amides is 1. The lowest BCUT2D eigenvalue weighted by atomic mass is 10.1. The van der Waals surface area contributed by atoms with Crippen molar-refractivity contribution in [2.45, 2.75) is 25.4 Å². The Bertz CT molecular complexity index is 459. The first-order chi connectivity index (χ1) is 10.6. The van der Waals surface area contributed by atoms with Gasteiger partial charge in [0.05, 0.1) is 6.10 Å². The summed E-state index contributed by atoms with van der Waals surface area (Å²) >= 11 is 5.78. The van der Waals surface area contributed by atoms with Crippen molar-refractivity contribution in [2.24, 2.45) is 0 Å². The molecule has 0 unspecified atom stereocenters. The second-order valence-corrected chi connectivity index (χ2v) is 5.96. The van der Waals surface area contributed by atoms with Gasteiger partial charge in [-0.3, -0.25) is 4.79 Å². The summed E-state index contributed by atoms with van der Waals surface area (Å²) in [5, 5.41) is 12.9. The van der Waals surface area contributed by atoms with Gasteiger partial charge < -0.3 is 20.1 Å². The smallest absolute Gasteiger partial charge is 0.257 e. The quantitative estimate of drug-likeness (QED) is 0.748. The van der Waals surface area contributed by atoms with Gasteiger partial charge in [-0.25, -0.2) is 0 Å². The second-order valence-electron chi connectivity index (χ2n) is 5.52. The van der Waals surface area contributed by atoms with E-state index < -0.39 is 0 Å². The van der Waals surface area contributed by atoms with Crippen molar-refractivity contribution in [3.8, 4) is 5.75 Å². The Morgan fingerprint density at radius 3 is 2.68 bits per heavy atom. The third kappa shape index (κ3) is 6.22. The largest absolute Gasteiger partial charge is 0.484 e. The highest BCUT2D eigenvalue weighted by Crippen LogP contribution is 2.15. The molecule has 1 heterocycles. The van der Waals surface area contributed by atoms with Crippen molar-refractivity contribution in [2.75, 3.05) is 32.8 Å². The highest BCUT2D eigenvalue weighted by molar-refractivity contribution is 6.30. The van der Waals surface area contributed by atoms with Gasteiger partial charge in [0, 0.05) is 24.7 Å². The highest BCUT2D eigenvalue weighted by Gasteiger charge is 2.16. The van der Waals surface area contributed by atoms with E-state index in [0.717, 1.165) is 38.9 Å². The molecule has 2 rings (SSSR count). The van der Waals surface area contributed by atoms with Crippen LogP contribution in [0.1, 0.15) is 19.3 Å². The van der Waals surface area contributed by atoms with E-state index in [-0.39, 0.29) is 18.6 Å². The molecule has 1 fully saturated rings. The fourth-order valence-corrected chi connectivity index (χ4v) is 2.53. The molecule has 0 radical (unpaired) electrons. The number of benzene rings is 1. The topological polar surface area (TPSA) is 61.8 Å². The van der Waals surface area contributed by atoms with Gasteiger partial charge in [-0.1, -0.05) is 11.6 Å². The van der Waals surface area contributed by atoms with E-state index in [2.05, 4.69) is 10.2 Å². The van der Waals surface area contributed by atoms with Crippen molar-refractivity contribution < 1.29 is 14.6 Å². The standard InChI is InChI=1S/C16H23ClN2O3/c17-13-2-4-15(5-3-13)22-12-16(21)18-8-1-9-19-10-6-14(20)7-11-19/h2-5,14,20H,1,6-12H2,(H,18,21). The minimum absolute atomic E-state index is 0.0114. The van der Waals surface area contributed by atoms with Crippen LogP contribution in [0.2, 0.25) is 5.02 Å². The van der Waals surface area contributed by atoms with Crippen LogP contribution in [-0.4, -0.2) is 54.8 Å². The summed E-state index contributed by atoms with van der Waals surface area (Å²) in [6.45, 7) is 3.48. The number of piperidine rings is 1. The van der Waals surface area contributed by atoms with E-state index in [1.54, 1.807) is 24.3 Å². The van der Waals surface area contributed by atoms with E-state index in [1.165, 1.54) is 0 Å². The Kier molecular flexibility index (Phi) is 6.96. The Labute approximate surface area is 136 Å². The zero-order valence-corrected chi connectivity index (χ0v) is 13.4. The number of carbonyl (C=O) groups excluding carboxylic acids is 1. The molecule has 0 aromatic heterocycles. The molecule has 1 aromatic rings. The number of aliphatic hydroxyl groups excluding tert-OH is 1. The lowest BCUT2D eigenvalue weighted by molar-refractivity contribution is -0.123. The highest BCUT2D eigenvalue weighted by atomic mass is 35.5. The third-order valence-corrected chi connectivity index (χ3v) is 3.97. The van der Waals surface area contributed by atoms with Crippen LogP contribution in [0.15, 0.2) is 24.3 Å². The predicted molar refractivity (Wildman–Crippen MR) is 86.3 cm³/mol. The Morgan fingerprint density at radius 2 is 2.00 bits per heavy atom. The summed E-state index contributed by atoms with van der Waals surface area (Å²) < 4.78 is 5.37. The molecule has 0 spiro atoms. The van der Waals surface area contributed by atoms with Gasteiger partial charge in [-0.15, -0.1) is 0 Å². The van der Waals surface area contributed by atoms with Gasteiger partial charge in [-0.2, -0.15) is 0 Å². The molecule has 1 aromatic carbocycles. The number of nitrogens with one attached hydrogen (secondary N) is 1. The van der Waals surface area contributed by atoms with Gasteiger partial charge in [0.2, 0.25) is 0 Å². The summed E-state index contributed by atoms with van der Waals surface area (Å²) in [5.74, 6) is 0.510. The summed E-state index contributed by atoms with van der Waals surface area (Å²) in [6, 6.07) is 6.93. The van der Waals surface area contributed by atoms with Gasteiger partial charge in [0.1, 0.15) is 5.75 Å². The van der Waals surface area contributed by atoms with Crippen LogP contribution in [0, 0.1) is 0 Å². The lowest BCUT2D eigenvalue weighted by Crippen LogP contribution is -2.38. The Hall–Kier alpha value is -1.30. The molecule has 0 aliphatic carbocycles.